The van der Waals surface area contributed by atoms with Crippen LogP contribution in [0.4, 0.5) is 0 Å². The van der Waals surface area contributed by atoms with Crippen LogP contribution in [0.3, 0.4) is 0 Å². The number of rotatable bonds is 6. The predicted molar refractivity (Wildman–Crippen MR) is 90.9 cm³/mol. The zero-order chi connectivity index (χ0) is 15.2. The number of aryl methyl sites for hydroxylation is 2. The van der Waals surface area contributed by atoms with Gasteiger partial charge in [-0.2, -0.15) is 0 Å². The van der Waals surface area contributed by atoms with Crippen LogP contribution in [-0.2, 0) is 0 Å². The van der Waals surface area contributed by atoms with E-state index in [1.54, 1.807) is 0 Å². The molecule has 0 aromatic heterocycles. The summed E-state index contributed by atoms with van der Waals surface area (Å²) in [6, 6.07) is 7.41. The molecule has 1 aromatic rings. The van der Waals surface area contributed by atoms with E-state index in [0.29, 0.717) is 6.04 Å². The second-order valence-electron chi connectivity index (χ2n) is 6.46. The van der Waals surface area contributed by atoms with Crippen LogP contribution < -0.4 is 5.32 Å². The minimum Gasteiger partial charge on any atom is -0.310 e. The highest BCUT2D eigenvalue weighted by Gasteiger charge is 2.17. The van der Waals surface area contributed by atoms with Gasteiger partial charge in [-0.15, -0.1) is 0 Å². The van der Waals surface area contributed by atoms with Crippen molar-refractivity contribution in [2.45, 2.75) is 33.2 Å². The predicted octanol–water partition coefficient (Wildman–Crippen LogP) is 2.59. The third-order valence-electron chi connectivity index (χ3n) is 4.43. The molecule has 0 saturated carbocycles. The number of hydrogen-bond donors (Lipinski definition) is 1. The summed E-state index contributed by atoms with van der Waals surface area (Å²) in [5, 5.41) is 3.66. The van der Waals surface area contributed by atoms with Gasteiger partial charge in [0.1, 0.15) is 0 Å². The minimum atomic E-state index is 0.480. The largest absolute Gasteiger partial charge is 0.310 e. The van der Waals surface area contributed by atoms with Gasteiger partial charge in [0.05, 0.1) is 0 Å². The molecule has 1 N–H and O–H groups in total. The summed E-state index contributed by atoms with van der Waals surface area (Å²) < 4.78 is 0. The Morgan fingerprint density at radius 2 is 1.67 bits per heavy atom. The molecule has 3 heteroatoms. The Bertz CT molecular complexity index is 416. The lowest BCUT2D eigenvalue weighted by Gasteiger charge is -2.33. The lowest BCUT2D eigenvalue weighted by molar-refractivity contribution is 0.149. The Morgan fingerprint density at radius 1 is 1.05 bits per heavy atom. The Labute approximate surface area is 130 Å². The number of nitrogens with one attached hydrogen (secondary N) is 1. The Kier molecular flexibility index (Phi) is 6.22. The van der Waals surface area contributed by atoms with E-state index in [-0.39, 0.29) is 0 Å². The summed E-state index contributed by atoms with van der Waals surface area (Å²) in [7, 11) is 2.22. The van der Waals surface area contributed by atoms with E-state index >= 15 is 0 Å². The first kappa shape index (κ1) is 16.5. The Morgan fingerprint density at radius 3 is 2.24 bits per heavy atom. The lowest BCUT2D eigenvalue weighted by Crippen LogP contribution is -2.45. The van der Waals surface area contributed by atoms with E-state index in [4.69, 9.17) is 0 Å². The topological polar surface area (TPSA) is 18.5 Å². The smallest absolute Gasteiger partial charge is 0.0332 e. The van der Waals surface area contributed by atoms with Gasteiger partial charge in [0.15, 0.2) is 0 Å². The molecular formula is C18H31N3. The molecule has 1 aromatic carbocycles. The molecule has 21 heavy (non-hydrogen) atoms. The van der Waals surface area contributed by atoms with Gasteiger partial charge in [0.25, 0.3) is 0 Å². The molecule has 1 saturated heterocycles. The average Bonchev–Trinajstić information content (AvgIpc) is 2.44. The molecule has 2 rings (SSSR count). The van der Waals surface area contributed by atoms with E-state index in [1.807, 2.05) is 0 Å². The van der Waals surface area contributed by atoms with Crippen LogP contribution in [0.1, 0.15) is 36.1 Å². The normalized spacial score (nSPS) is 18.9. The van der Waals surface area contributed by atoms with Crippen molar-refractivity contribution in [1.82, 2.24) is 15.1 Å². The van der Waals surface area contributed by atoms with Crippen LogP contribution in [0.15, 0.2) is 18.2 Å². The molecule has 0 aliphatic carbocycles. The van der Waals surface area contributed by atoms with Crippen LogP contribution in [0.25, 0.3) is 0 Å². The number of hydrogen-bond acceptors (Lipinski definition) is 3. The van der Waals surface area contributed by atoms with Crippen LogP contribution in [0.2, 0.25) is 0 Å². The highest BCUT2D eigenvalue weighted by atomic mass is 15.2. The van der Waals surface area contributed by atoms with Crippen molar-refractivity contribution >= 4 is 0 Å². The van der Waals surface area contributed by atoms with Crippen molar-refractivity contribution in [3.8, 4) is 0 Å². The highest BCUT2D eigenvalue weighted by molar-refractivity contribution is 5.30. The molecule has 0 radical (unpaired) electrons. The maximum atomic E-state index is 3.66. The standard InChI is InChI=1S/C18H31N3/c1-5-19-18(17-13-15(2)12-16(3)14-17)6-7-21-10-8-20(4)9-11-21/h12-14,18-19H,5-11H2,1-4H3. The Hall–Kier alpha value is -0.900. The van der Waals surface area contributed by atoms with Gasteiger partial charge in [0.2, 0.25) is 0 Å². The maximum Gasteiger partial charge on any atom is 0.0332 e. The van der Waals surface area contributed by atoms with Gasteiger partial charge >= 0.3 is 0 Å². The molecule has 1 aliphatic heterocycles. The minimum absolute atomic E-state index is 0.480. The van der Waals surface area contributed by atoms with E-state index in [9.17, 15) is 0 Å². The van der Waals surface area contributed by atoms with Crippen LogP contribution >= 0.6 is 0 Å². The van der Waals surface area contributed by atoms with Crippen molar-refractivity contribution in [3.05, 3.63) is 34.9 Å². The SMILES string of the molecule is CCNC(CCN1CCN(C)CC1)c1cc(C)cc(C)c1. The maximum absolute atomic E-state index is 3.66. The molecular weight excluding hydrogens is 258 g/mol. The number of piperazine rings is 1. The molecule has 1 atom stereocenters. The van der Waals surface area contributed by atoms with Crippen molar-refractivity contribution in [2.24, 2.45) is 0 Å². The molecule has 1 unspecified atom stereocenters. The lowest BCUT2D eigenvalue weighted by atomic mass is 9.98. The number of nitrogens with zero attached hydrogens (tertiary/aromatic N) is 2. The van der Waals surface area contributed by atoms with Gasteiger partial charge in [-0.25, -0.2) is 0 Å². The highest BCUT2D eigenvalue weighted by Crippen LogP contribution is 2.20. The van der Waals surface area contributed by atoms with Crippen molar-refractivity contribution in [2.75, 3.05) is 46.3 Å². The summed E-state index contributed by atoms with van der Waals surface area (Å²) in [6.45, 7) is 13.6. The van der Waals surface area contributed by atoms with Gasteiger partial charge < -0.3 is 15.1 Å². The molecule has 1 aliphatic rings. The molecule has 118 valence electrons. The first-order valence-electron chi connectivity index (χ1n) is 8.31. The first-order chi connectivity index (χ1) is 10.1. The molecule has 1 heterocycles. The number of likely N-dealkylation sites (N-methyl/N-ethyl adjacent to an activating group) is 1. The fourth-order valence-corrected chi connectivity index (χ4v) is 3.23. The zero-order valence-electron chi connectivity index (χ0n) is 14.2. The van der Waals surface area contributed by atoms with Gasteiger partial charge in [-0.05, 0) is 39.4 Å². The molecule has 0 amide bonds. The molecule has 3 nitrogen and oxygen atoms in total. The summed E-state index contributed by atoms with van der Waals surface area (Å²) in [6.07, 6.45) is 1.19. The van der Waals surface area contributed by atoms with E-state index < -0.39 is 0 Å². The zero-order valence-corrected chi connectivity index (χ0v) is 14.2. The summed E-state index contributed by atoms with van der Waals surface area (Å²) in [5.41, 5.74) is 4.18. The van der Waals surface area contributed by atoms with Crippen LogP contribution in [0.5, 0.6) is 0 Å². The van der Waals surface area contributed by atoms with E-state index in [1.165, 1.54) is 55.8 Å². The fraction of sp³-hybridized carbons (Fsp3) is 0.667. The van der Waals surface area contributed by atoms with Crippen molar-refractivity contribution in [3.63, 3.8) is 0 Å². The van der Waals surface area contributed by atoms with Crippen molar-refractivity contribution in [1.29, 1.82) is 0 Å². The fourth-order valence-electron chi connectivity index (χ4n) is 3.23. The molecule has 0 spiro atoms. The summed E-state index contributed by atoms with van der Waals surface area (Å²) in [4.78, 5) is 5.02. The third kappa shape index (κ3) is 5.10. The van der Waals surface area contributed by atoms with E-state index in [2.05, 4.69) is 61.1 Å². The van der Waals surface area contributed by atoms with Gasteiger partial charge in [0, 0.05) is 38.8 Å². The van der Waals surface area contributed by atoms with Crippen LogP contribution in [-0.4, -0.2) is 56.1 Å². The van der Waals surface area contributed by atoms with Crippen molar-refractivity contribution < 1.29 is 0 Å². The van der Waals surface area contributed by atoms with E-state index in [0.717, 1.165) is 6.54 Å². The monoisotopic (exact) mass is 289 g/mol. The second-order valence-corrected chi connectivity index (χ2v) is 6.46. The number of benzene rings is 1. The first-order valence-corrected chi connectivity index (χ1v) is 8.31. The quantitative estimate of drug-likeness (QED) is 0.868. The average molecular weight is 289 g/mol. The van der Waals surface area contributed by atoms with Crippen LogP contribution in [0, 0.1) is 13.8 Å². The van der Waals surface area contributed by atoms with Gasteiger partial charge in [-0.3, -0.25) is 0 Å². The summed E-state index contributed by atoms with van der Waals surface area (Å²) in [5.74, 6) is 0. The van der Waals surface area contributed by atoms with Gasteiger partial charge in [-0.1, -0.05) is 36.2 Å². The second kappa shape index (κ2) is 7.92. The summed E-state index contributed by atoms with van der Waals surface area (Å²) >= 11 is 0. The third-order valence-corrected chi connectivity index (χ3v) is 4.43. The molecule has 0 bridgehead atoms. The Balaban J connectivity index is 1.95. The molecule has 1 fully saturated rings.